The Morgan fingerprint density at radius 1 is 1.19 bits per heavy atom. The number of nitrogens with zero attached hydrogens (tertiary/aromatic N) is 4. The van der Waals surface area contributed by atoms with Crippen LogP contribution in [0.4, 0.5) is 5.69 Å². The second kappa shape index (κ2) is 7.97. The number of pyridine rings is 1. The van der Waals surface area contributed by atoms with Gasteiger partial charge in [0.25, 0.3) is 0 Å². The van der Waals surface area contributed by atoms with E-state index in [4.69, 9.17) is 4.99 Å². The van der Waals surface area contributed by atoms with E-state index in [2.05, 4.69) is 32.4 Å². The van der Waals surface area contributed by atoms with Crippen molar-refractivity contribution in [1.82, 2.24) is 14.5 Å². The van der Waals surface area contributed by atoms with Gasteiger partial charge in [-0.05, 0) is 36.4 Å². The van der Waals surface area contributed by atoms with Crippen molar-refractivity contribution in [2.45, 2.75) is 25.8 Å². The van der Waals surface area contributed by atoms with Gasteiger partial charge in [0, 0.05) is 37.6 Å². The Hall–Kier alpha value is -2.25. The van der Waals surface area contributed by atoms with E-state index in [1.54, 1.807) is 35.1 Å². The molecule has 4 heterocycles. The molecule has 0 aliphatic carbocycles. The lowest BCUT2D eigenvalue weighted by atomic mass is 10.3. The molecule has 7 heteroatoms. The SMILES string of the molecule is O=C1CCCN1CCCn1c(-c2cccs2)csc1=Nc1cccnc1. The van der Waals surface area contributed by atoms with Gasteiger partial charge in [0.1, 0.15) is 0 Å². The first-order valence-corrected chi connectivity index (χ1v) is 10.5. The first-order valence-electron chi connectivity index (χ1n) is 8.76. The molecule has 0 unspecified atom stereocenters. The fraction of sp³-hybridized carbons (Fsp3) is 0.316. The normalized spacial score (nSPS) is 15.2. The predicted molar refractivity (Wildman–Crippen MR) is 106 cm³/mol. The van der Waals surface area contributed by atoms with E-state index in [0.717, 1.165) is 43.0 Å². The lowest BCUT2D eigenvalue weighted by Crippen LogP contribution is -2.27. The highest BCUT2D eigenvalue weighted by molar-refractivity contribution is 7.14. The highest BCUT2D eigenvalue weighted by atomic mass is 32.1. The number of thiazole rings is 1. The van der Waals surface area contributed by atoms with Gasteiger partial charge in [-0.2, -0.15) is 0 Å². The molecule has 0 spiro atoms. The fourth-order valence-electron chi connectivity index (χ4n) is 3.15. The topological polar surface area (TPSA) is 50.5 Å². The third-order valence-corrected chi connectivity index (χ3v) is 6.18. The number of thiophene rings is 1. The molecule has 1 amide bonds. The number of hydrogen-bond donors (Lipinski definition) is 0. The maximum Gasteiger partial charge on any atom is 0.222 e. The van der Waals surface area contributed by atoms with Crippen LogP contribution in [0.3, 0.4) is 0 Å². The van der Waals surface area contributed by atoms with Gasteiger partial charge < -0.3 is 9.47 Å². The monoisotopic (exact) mass is 384 g/mol. The van der Waals surface area contributed by atoms with Gasteiger partial charge in [0.05, 0.1) is 22.5 Å². The lowest BCUT2D eigenvalue weighted by Gasteiger charge is -2.16. The van der Waals surface area contributed by atoms with Crippen LogP contribution in [0.2, 0.25) is 0 Å². The molecule has 0 N–H and O–H groups in total. The molecule has 3 aromatic rings. The van der Waals surface area contributed by atoms with Crippen LogP contribution in [0.1, 0.15) is 19.3 Å². The number of rotatable bonds is 6. The molecular weight excluding hydrogens is 364 g/mol. The summed E-state index contributed by atoms with van der Waals surface area (Å²) in [6.45, 7) is 2.56. The minimum Gasteiger partial charge on any atom is -0.343 e. The summed E-state index contributed by atoms with van der Waals surface area (Å²) in [5.74, 6) is 0.291. The molecule has 5 nitrogen and oxygen atoms in total. The maximum absolute atomic E-state index is 11.8. The van der Waals surface area contributed by atoms with Crippen molar-refractivity contribution in [3.8, 4) is 10.6 Å². The average Bonchev–Trinajstić information content (AvgIpc) is 3.39. The van der Waals surface area contributed by atoms with Crippen LogP contribution >= 0.6 is 22.7 Å². The van der Waals surface area contributed by atoms with Crippen LogP contribution in [-0.4, -0.2) is 33.4 Å². The van der Waals surface area contributed by atoms with Gasteiger partial charge in [-0.3, -0.25) is 9.78 Å². The molecule has 3 aromatic heterocycles. The summed E-state index contributed by atoms with van der Waals surface area (Å²) in [5, 5.41) is 4.26. The Balaban J connectivity index is 1.60. The third kappa shape index (κ3) is 3.78. The van der Waals surface area contributed by atoms with Crippen molar-refractivity contribution in [2.24, 2.45) is 4.99 Å². The van der Waals surface area contributed by atoms with Crippen LogP contribution in [0.5, 0.6) is 0 Å². The summed E-state index contributed by atoms with van der Waals surface area (Å²) in [5.41, 5.74) is 2.05. The average molecular weight is 385 g/mol. The quantitative estimate of drug-likeness (QED) is 0.647. The Labute approximate surface area is 160 Å². The Bertz CT molecular complexity index is 928. The molecule has 0 bridgehead atoms. The van der Waals surface area contributed by atoms with E-state index in [0.29, 0.717) is 12.3 Å². The van der Waals surface area contributed by atoms with Gasteiger partial charge in [0.2, 0.25) is 5.91 Å². The van der Waals surface area contributed by atoms with Crippen LogP contribution in [0.25, 0.3) is 10.6 Å². The van der Waals surface area contributed by atoms with Gasteiger partial charge >= 0.3 is 0 Å². The number of carbonyl (C=O) groups excluding carboxylic acids is 1. The number of hydrogen-bond acceptors (Lipinski definition) is 5. The summed E-state index contributed by atoms with van der Waals surface area (Å²) >= 11 is 3.38. The Morgan fingerprint density at radius 3 is 2.88 bits per heavy atom. The zero-order chi connectivity index (χ0) is 17.8. The second-order valence-corrected chi connectivity index (χ2v) is 7.98. The van der Waals surface area contributed by atoms with E-state index in [1.807, 2.05) is 17.0 Å². The maximum atomic E-state index is 11.8. The van der Waals surface area contributed by atoms with Crippen molar-refractivity contribution >= 4 is 34.3 Å². The van der Waals surface area contributed by atoms with E-state index in [-0.39, 0.29) is 0 Å². The second-order valence-electron chi connectivity index (χ2n) is 6.19. The van der Waals surface area contributed by atoms with Crippen LogP contribution < -0.4 is 4.80 Å². The largest absolute Gasteiger partial charge is 0.343 e. The minimum absolute atomic E-state index is 0.291. The van der Waals surface area contributed by atoms with Crippen LogP contribution in [0.15, 0.2) is 52.4 Å². The summed E-state index contributed by atoms with van der Waals surface area (Å²) in [6, 6.07) is 8.07. The highest BCUT2D eigenvalue weighted by Crippen LogP contribution is 2.25. The molecular formula is C19H20N4OS2. The molecule has 0 aromatic carbocycles. The van der Waals surface area contributed by atoms with Crippen molar-refractivity contribution < 1.29 is 4.79 Å². The Morgan fingerprint density at radius 2 is 2.15 bits per heavy atom. The molecule has 0 saturated carbocycles. The summed E-state index contributed by atoms with van der Waals surface area (Å²) < 4.78 is 2.27. The first-order chi connectivity index (χ1) is 12.8. The molecule has 1 saturated heterocycles. The minimum atomic E-state index is 0.291. The van der Waals surface area contributed by atoms with Gasteiger partial charge in [-0.1, -0.05) is 6.07 Å². The molecule has 4 rings (SSSR count). The third-order valence-electron chi connectivity index (χ3n) is 4.42. The van der Waals surface area contributed by atoms with Crippen LogP contribution in [-0.2, 0) is 11.3 Å². The Kier molecular flexibility index (Phi) is 5.26. The summed E-state index contributed by atoms with van der Waals surface area (Å²) in [7, 11) is 0. The van der Waals surface area contributed by atoms with Crippen molar-refractivity contribution in [1.29, 1.82) is 0 Å². The summed E-state index contributed by atoms with van der Waals surface area (Å²) in [6.07, 6.45) is 6.16. The zero-order valence-corrected chi connectivity index (χ0v) is 16.0. The fourth-order valence-corrected chi connectivity index (χ4v) is 4.92. The highest BCUT2D eigenvalue weighted by Gasteiger charge is 2.19. The molecule has 0 radical (unpaired) electrons. The molecule has 0 atom stereocenters. The van der Waals surface area contributed by atoms with E-state index in [9.17, 15) is 4.79 Å². The van der Waals surface area contributed by atoms with Crippen LogP contribution in [0, 0.1) is 0 Å². The first kappa shape index (κ1) is 17.2. The predicted octanol–water partition coefficient (Wildman–Crippen LogP) is 3.92. The molecule has 1 aliphatic heterocycles. The van der Waals surface area contributed by atoms with E-state index < -0.39 is 0 Å². The molecule has 1 aliphatic rings. The molecule has 26 heavy (non-hydrogen) atoms. The van der Waals surface area contributed by atoms with Crippen molar-refractivity contribution in [2.75, 3.05) is 13.1 Å². The number of likely N-dealkylation sites (tertiary alicyclic amines) is 1. The van der Waals surface area contributed by atoms with Gasteiger partial charge in [0.15, 0.2) is 4.80 Å². The van der Waals surface area contributed by atoms with Crippen molar-refractivity contribution in [3.05, 3.63) is 52.2 Å². The smallest absolute Gasteiger partial charge is 0.222 e. The lowest BCUT2D eigenvalue weighted by molar-refractivity contribution is -0.127. The number of aromatic nitrogens is 2. The van der Waals surface area contributed by atoms with Gasteiger partial charge in [-0.15, -0.1) is 22.7 Å². The van der Waals surface area contributed by atoms with Crippen molar-refractivity contribution in [3.63, 3.8) is 0 Å². The van der Waals surface area contributed by atoms with E-state index >= 15 is 0 Å². The summed E-state index contributed by atoms with van der Waals surface area (Å²) in [4.78, 5) is 24.9. The number of amides is 1. The molecule has 134 valence electrons. The standard InChI is InChI=1S/C19H20N4OS2/c24-18-7-2-9-22(18)10-4-11-23-16(17-6-3-12-25-17)14-26-19(23)21-15-5-1-8-20-13-15/h1,3,5-6,8,12-14H,2,4,7,9-11H2. The van der Waals surface area contributed by atoms with E-state index in [1.165, 1.54) is 10.6 Å². The van der Waals surface area contributed by atoms with Gasteiger partial charge in [-0.25, -0.2) is 4.99 Å². The zero-order valence-electron chi connectivity index (χ0n) is 14.4. The molecule has 1 fully saturated rings. The number of carbonyl (C=O) groups is 1.